The van der Waals surface area contributed by atoms with Crippen molar-refractivity contribution in [3.8, 4) is 5.75 Å². The molecule has 0 N–H and O–H groups in total. The van der Waals surface area contributed by atoms with Crippen molar-refractivity contribution >= 4 is 23.8 Å². The molecule has 0 spiro atoms. The minimum Gasteiger partial charge on any atom is -0.497 e. The van der Waals surface area contributed by atoms with E-state index in [1.54, 1.807) is 37.5 Å². The van der Waals surface area contributed by atoms with E-state index in [2.05, 4.69) is 0 Å². The molecule has 0 amide bonds. The molecule has 0 aliphatic heterocycles. The van der Waals surface area contributed by atoms with Crippen LogP contribution in [-0.4, -0.2) is 26.2 Å². The van der Waals surface area contributed by atoms with Crippen molar-refractivity contribution in [2.45, 2.75) is 12.8 Å². The largest absolute Gasteiger partial charge is 0.497 e. The van der Waals surface area contributed by atoms with Gasteiger partial charge >= 0.3 is 11.9 Å². The second kappa shape index (κ2) is 10.0. The Morgan fingerprint density at radius 2 is 1.55 bits per heavy atom. The van der Waals surface area contributed by atoms with Crippen molar-refractivity contribution in [1.82, 2.24) is 0 Å². The van der Waals surface area contributed by atoms with Crippen molar-refractivity contribution in [2.75, 3.05) is 14.2 Å². The number of hydrogen-bond donors (Lipinski definition) is 0. The van der Waals surface area contributed by atoms with Crippen molar-refractivity contribution in [2.24, 2.45) is 0 Å². The minimum atomic E-state index is -0.490. The summed E-state index contributed by atoms with van der Waals surface area (Å²) in [5.74, 6) is 0.106. The van der Waals surface area contributed by atoms with E-state index in [9.17, 15) is 9.59 Å². The first kappa shape index (κ1) is 22.1. The highest BCUT2D eigenvalue weighted by Crippen LogP contribution is 2.38. The van der Waals surface area contributed by atoms with Crippen LogP contribution < -0.4 is 4.74 Å². The van der Waals surface area contributed by atoms with Gasteiger partial charge < -0.3 is 14.2 Å². The molecule has 1 aliphatic rings. The molecule has 0 unspecified atom stereocenters. The number of fused-ring (bicyclic) bond motifs is 1. The first-order chi connectivity index (χ1) is 16.1. The summed E-state index contributed by atoms with van der Waals surface area (Å²) in [4.78, 5) is 25.8. The van der Waals surface area contributed by atoms with Gasteiger partial charge in [-0.2, -0.15) is 0 Å². The zero-order valence-corrected chi connectivity index (χ0v) is 18.5. The first-order valence-electron chi connectivity index (χ1n) is 10.6. The van der Waals surface area contributed by atoms with Crippen LogP contribution in [0.15, 0.2) is 90.0 Å². The van der Waals surface area contributed by atoms with Crippen LogP contribution in [0.2, 0.25) is 0 Å². The molecule has 3 aromatic rings. The minimum absolute atomic E-state index is 0.361. The molecule has 0 bridgehead atoms. The molecule has 3 aromatic carbocycles. The second-order valence-corrected chi connectivity index (χ2v) is 7.55. The highest BCUT2D eigenvalue weighted by atomic mass is 16.5. The molecule has 0 aromatic heterocycles. The average molecular weight is 440 g/mol. The van der Waals surface area contributed by atoms with E-state index >= 15 is 0 Å². The van der Waals surface area contributed by atoms with Crippen molar-refractivity contribution < 1.29 is 23.8 Å². The molecule has 0 saturated carbocycles. The van der Waals surface area contributed by atoms with E-state index in [4.69, 9.17) is 14.2 Å². The molecular weight excluding hydrogens is 416 g/mol. The zero-order chi connectivity index (χ0) is 23.2. The molecule has 1 aliphatic carbocycles. The van der Waals surface area contributed by atoms with Crippen LogP contribution in [0.1, 0.15) is 33.5 Å². The number of esters is 2. The van der Waals surface area contributed by atoms with Crippen LogP contribution in [0, 0.1) is 0 Å². The van der Waals surface area contributed by atoms with Crippen molar-refractivity contribution in [3.63, 3.8) is 0 Å². The number of aryl methyl sites for hydroxylation is 1. The molecule has 166 valence electrons. The van der Waals surface area contributed by atoms with E-state index in [0.29, 0.717) is 35.3 Å². The maximum atomic E-state index is 13.0. The second-order valence-electron chi connectivity index (χ2n) is 7.55. The van der Waals surface area contributed by atoms with Crippen LogP contribution in [0.4, 0.5) is 0 Å². The van der Waals surface area contributed by atoms with Crippen LogP contribution in [0.25, 0.3) is 11.8 Å². The molecule has 5 nitrogen and oxygen atoms in total. The van der Waals surface area contributed by atoms with Gasteiger partial charge in [0.2, 0.25) is 0 Å². The van der Waals surface area contributed by atoms with Gasteiger partial charge in [-0.25, -0.2) is 9.59 Å². The van der Waals surface area contributed by atoms with Gasteiger partial charge in [-0.05, 0) is 60.4 Å². The van der Waals surface area contributed by atoms with Gasteiger partial charge in [-0.3, -0.25) is 0 Å². The lowest BCUT2D eigenvalue weighted by atomic mass is 9.86. The predicted octanol–water partition coefficient (Wildman–Crippen LogP) is 5.47. The van der Waals surface area contributed by atoms with Crippen LogP contribution in [-0.2, 0) is 20.7 Å². The summed E-state index contributed by atoms with van der Waals surface area (Å²) in [6, 6.07) is 23.9. The van der Waals surface area contributed by atoms with Crippen LogP contribution >= 0.6 is 0 Å². The van der Waals surface area contributed by atoms with E-state index in [-0.39, 0.29) is 0 Å². The van der Waals surface area contributed by atoms with E-state index in [1.807, 2.05) is 54.6 Å². The third kappa shape index (κ3) is 4.88. The number of rotatable bonds is 6. The van der Waals surface area contributed by atoms with Gasteiger partial charge in [-0.15, -0.1) is 0 Å². The summed E-state index contributed by atoms with van der Waals surface area (Å²) < 4.78 is 16.4. The Bertz CT molecular complexity index is 1220. The third-order valence-corrected chi connectivity index (χ3v) is 5.52. The molecule has 0 atom stereocenters. The molecule has 0 heterocycles. The van der Waals surface area contributed by atoms with Gasteiger partial charge in [0.15, 0.2) is 0 Å². The molecule has 0 saturated heterocycles. The lowest BCUT2D eigenvalue weighted by Gasteiger charge is -2.24. The Kier molecular flexibility index (Phi) is 6.69. The third-order valence-electron chi connectivity index (χ3n) is 5.52. The van der Waals surface area contributed by atoms with Gasteiger partial charge in [-0.1, -0.05) is 48.5 Å². The fourth-order valence-electron chi connectivity index (χ4n) is 3.86. The number of carbonyl (C=O) groups is 2. The summed E-state index contributed by atoms with van der Waals surface area (Å²) in [6.45, 7) is 0. The van der Waals surface area contributed by atoms with E-state index in [1.165, 1.54) is 7.11 Å². The van der Waals surface area contributed by atoms with Gasteiger partial charge in [0.25, 0.3) is 0 Å². The zero-order valence-electron chi connectivity index (χ0n) is 18.5. The van der Waals surface area contributed by atoms with Crippen LogP contribution in [0.3, 0.4) is 0 Å². The Morgan fingerprint density at radius 1 is 0.848 bits per heavy atom. The SMILES string of the molecule is COC(=O)/C(=C\c1ccccc1)C1=C(OC(=O)c2ccccc2)c2ccc(OC)cc2CC1. The summed E-state index contributed by atoms with van der Waals surface area (Å²) in [6.07, 6.45) is 2.94. The molecule has 0 radical (unpaired) electrons. The molecule has 0 fully saturated rings. The number of methoxy groups -OCH3 is 2. The van der Waals surface area contributed by atoms with Crippen LogP contribution in [0.5, 0.6) is 5.75 Å². The smallest absolute Gasteiger partial charge is 0.343 e. The predicted molar refractivity (Wildman–Crippen MR) is 127 cm³/mol. The summed E-state index contributed by atoms with van der Waals surface area (Å²) in [7, 11) is 2.96. The fourth-order valence-corrected chi connectivity index (χ4v) is 3.86. The van der Waals surface area contributed by atoms with E-state index < -0.39 is 11.9 Å². The maximum absolute atomic E-state index is 13.0. The lowest BCUT2D eigenvalue weighted by molar-refractivity contribution is -0.135. The number of benzene rings is 3. The Morgan fingerprint density at radius 3 is 2.21 bits per heavy atom. The maximum Gasteiger partial charge on any atom is 0.343 e. The first-order valence-corrected chi connectivity index (χ1v) is 10.6. The number of carbonyl (C=O) groups excluding carboxylic acids is 2. The van der Waals surface area contributed by atoms with Crippen molar-refractivity contribution in [1.29, 1.82) is 0 Å². The fraction of sp³-hybridized carbons (Fsp3) is 0.143. The average Bonchev–Trinajstić information content (AvgIpc) is 2.88. The highest BCUT2D eigenvalue weighted by molar-refractivity contribution is 6.02. The molecule has 4 rings (SSSR count). The molecule has 33 heavy (non-hydrogen) atoms. The normalized spacial score (nSPS) is 13.2. The lowest BCUT2D eigenvalue weighted by Crippen LogP contribution is -2.17. The number of hydrogen-bond acceptors (Lipinski definition) is 5. The van der Waals surface area contributed by atoms with E-state index in [0.717, 1.165) is 22.4 Å². The van der Waals surface area contributed by atoms with Crippen molar-refractivity contribution in [3.05, 3.63) is 112 Å². The Balaban J connectivity index is 1.87. The molecule has 5 heteroatoms. The monoisotopic (exact) mass is 440 g/mol. The topological polar surface area (TPSA) is 61.8 Å². The summed E-state index contributed by atoms with van der Waals surface area (Å²) in [5.41, 5.74) is 4.01. The summed E-state index contributed by atoms with van der Waals surface area (Å²) >= 11 is 0. The quantitative estimate of drug-likeness (QED) is 0.376. The number of ether oxygens (including phenoxy) is 3. The summed E-state index contributed by atoms with van der Waals surface area (Å²) in [5, 5.41) is 0. The highest BCUT2D eigenvalue weighted by Gasteiger charge is 2.29. The standard InChI is InChI=1S/C28H24O5/c1-31-22-14-16-23-21(18-22)13-15-24(26(23)33-27(29)20-11-7-4-8-12-20)25(28(30)32-2)17-19-9-5-3-6-10-19/h3-12,14,16-18H,13,15H2,1-2H3/b25-17-. The Labute approximate surface area is 192 Å². The van der Waals surface area contributed by atoms with Gasteiger partial charge in [0.05, 0.1) is 25.4 Å². The van der Waals surface area contributed by atoms with Gasteiger partial charge in [0, 0.05) is 11.1 Å². The Hall–Kier alpha value is -4.12. The molecular formula is C28H24O5. The van der Waals surface area contributed by atoms with Gasteiger partial charge in [0.1, 0.15) is 11.5 Å².